The van der Waals surface area contributed by atoms with Crippen LogP contribution in [0.15, 0.2) is 48.5 Å². The highest BCUT2D eigenvalue weighted by atomic mass is 35.5. The molecule has 0 fully saturated rings. The second-order valence-corrected chi connectivity index (χ2v) is 6.14. The molecule has 7 nitrogen and oxygen atoms in total. The van der Waals surface area contributed by atoms with Crippen LogP contribution in [0.25, 0.3) is 0 Å². The Bertz CT molecular complexity index is 827. The largest absolute Gasteiger partial charge is 0.469 e. The lowest BCUT2D eigenvalue weighted by atomic mass is 10.0. The summed E-state index contributed by atoms with van der Waals surface area (Å²) in [6, 6.07) is 13.0. The number of methoxy groups -OCH3 is 1. The quantitative estimate of drug-likeness (QED) is 0.496. The van der Waals surface area contributed by atoms with Gasteiger partial charge in [0, 0.05) is 5.69 Å². The molecule has 1 unspecified atom stereocenters. The summed E-state index contributed by atoms with van der Waals surface area (Å²) in [6.45, 7) is -0.283. The van der Waals surface area contributed by atoms with Crippen LogP contribution in [0.5, 0.6) is 0 Å². The van der Waals surface area contributed by atoms with E-state index in [1.807, 2.05) is 6.07 Å². The minimum absolute atomic E-state index is 0.0265. The van der Waals surface area contributed by atoms with Gasteiger partial charge in [-0.2, -0.15) is 0 Å². The monoisotopic (exact) mass is 389 g/mol. The summed E-state index contributed by atoms with van der Waals surface area (Å²) in [5, 5.41) is 5.43. The van der Waals surface area contributed by atoms with Gasteiger partial charge < -0.3 is 21.1 Å². The van der Waals surface area contributed by atoms with Crippen LogP contribution < -0.4 is 16.4 Å². The van der Waals surface area contributed by atoms with Crippen LogP contribution in [0.3, 0.4) is 0 Å². The van der Waals surface area contributed by atoms with Crippen molar-refractivity contribution in [2.24, 2.45) is 0 Å². The predicted octanol–water partition coefficient (Wildman–Crippen LogP) is 2.07. The first-order chi connectivity index (χ1) is 12.9. The molecule has 1 atom stereocenters. The molecule has 2 aromatic rings. The number of carbonyl (C=O) groups is 3. The first-order valence-electron chi connectivity index (χ1n) is 8.15. The molecule has 0 spiro atoms. The number of rotatable bonds is 7. The molecule has 0 aliphatic carbocycles. The molecule has 0 bridgehead atoms. The van der Waals surface area contributed by atoms with Crippen molar-refractivity contribution < 1.29 is 19.1 Å². The van der Waals surface area contributed by atoms with E-state index in [9.17, 15) is 14.4 Å². The standard InChI is InChI=1S/C19H20ClN3O4/c1-27-18(25)10-16(12-5-3-2-4-6-12)23-17(24)11-22-19(26)14-9-13(21)7-8-15(14)20/h2-9,16H,10-11,21H2,1H3,(H,22,26)(H,23,24). The fourth-order valence-electron chi connectivity index (χ4n) is 2.41. The number of ether oxygens (including phenoxy) is 1. The molecule has 0 saturated heterocycles. The fourth-order valence-corrected chi connectivity index (χ4v) is 2.61. The Hall–Kier alpha value is -3.06. The molecular weight excluding hydrogens is 370 g/mol. The summed E-state index contributed by atoms with van der Waals surface area (Å²) in [4.78, 5) is 36.1. The molecule has 142 valence electrons. The first-order valence-corrected chi connectivity index (χ1v) is 8.53. The summed E-state index contributed by atoms with van der Waals surface area (Å²) >= 11 is 5.98. The summed E-state index contributed by atoms with van der Waals surface area (Å²) < 4.78 is 4.68. The number of nitrogens with two attached hydrogens (primary N) is 1. The maximum Gasteiger partial charge on any atom is 0.307 e. The number of carbonyl (C=O) groups excluding carboxylic acids is 3. The number of nitrogens with one attached hydrogen (secondary N) is 2. The molecule has 0 aliphatic heterocycles. The summed E-state index contributed by atoms with van der Waals surface area (Å²) in [5.74, 6) is -1.44. The zero-order valence-corrected chi connectivity index (χ0v) is 15.5. The van der Waals surface area contributed by atoms with Crippen molar-refractivity contribution in [1.82, 2.24) is 10.6 Å². The van der Waals surface area contributed by atoms with Gasteiger partial charge in [-0.05, 0) is 23.8 Å². The van der Waals surface area contributed by atoms with Crippen molar-refractivity contribution >= 4 is 35.1 Å². The average Bonchev–Trinajstić information content (AvgIpc) is 2.68. The molecule has 2 rings (SSSR count). The molecule has 0 aromatic heterocycles. The molecule has 0 radical (unpaired) electrons. The second kappa shape index (κ2) is 9.59. The van der Waals surface area contributed by atoms with Gasteiger partial charge in [0.2, 0.25) is 5.91 Å². The van der Waals surface area contributed by atoms with Gasteiger partial charge in [-0.15, -0.1) is 0 Å². The van der Waals surface area contributed by atoms with Crippen LogP contribution in [0.4, 0.5) is 5.69 Å². The normalized spacial score (nSPS) is 11.3. The van der Waals surface area contributed by atoms with Crippen LogP contribution in [0, 0.1) is 0 Å². The maximum absolute atomic E-state index is 12.2. The Kier molecular flexibility index (Phi) is 7.19. The van der Waals surface area contributed by atoms with Gasteiger partial charge in [0.1, 0.15) is 0 Å². The number of hydrogen-bond acceptors (Lipinski definition) is 5. The molecule has 0 heterocycles. The van der Waals surface area contributed by atoms with Gasteiger partial charge in [0.15, 0.2) is 0 Å². The maximum atomic E-state index is 12.2. The van der Waals surface area contributed by atoms with Gasteiger partial charge >= 0.3 is 5.97 Å². The Morgan fingerprint density at radius 1 is 1.15 bits per heavy atom. The number of benzene rings is 2. The second-order valence-electron chi connectivity index (χ2n) is 5.73. The minimum atomic E-state index is -0.570. The van der Waals surface area contributed by atoms with Crippen LogP contribution in [0.2, 0.25) is 5.02 Å². The molecule has 2 aromatic carbocycles. The zero-order valence-electron chi connectivity index (χ0n) is 14.7. The fraction of sp³-hybridized carbons (Fsp3) is 0.211. The third kappa shape index (κ3) is 6.00. The molecule has 0 saturated carbocycles. The molecule has 2 amide bonds. The van der Waals surface area contributed by atoms with Gasteiger partial charge in [-0.1, -0.05) is 41.9 Å². The SMILES string of the molecule is COC(=O)CC(NC(=O)CNC(=O)c1cc(N)ccc1Cl)c1ccccc1. The summed E-state index contributed by atoms with van der Waals surface area (Å²) in [7, 11) is 1.28. The number of hydrogen-bond donors (Lipinski definition) is 3. The van der Waals surface area contributed by atoms with E-state index in [1.165, 1.54) is 19.2 Å². The number of halogens is 1. The van der Waals surface area contributed by atoms with Gasteiger partial charge in [-0.25, -0.2) is 0 Å². The Balaban J connectivity index is 2.00. The molecule has 4 N–H and O–H groups in total. The van der Waals surface area contributed by atoms with Gasteiger partial charge in [-0.3, -0.25) is 14.4 Å². The van der Waals surface area contributed by atoms with Gasteiger partial charge in [0.05, 0.1) is 36.7 Å². The van der Waals surface area contributed by atoms with E-state index in [2.05, 4.69) is 15.4 Å². The average molecular weight is 390 g/mol. The van der Waals surface area contributed by atoms with E-state index in [0.717, 1.165) is 5.56 Å². The lowest BCUT2D eigenvalue weighted by molar-refractivity contribution is -0.141. The number of esters is 1. The third-order valence-corrected chi connectivity index (χ3v) is 4.11. The van der Waals surface area contributed by atoms with E-state index in [-0.39, 0.29) is 23.6 Å². The lowest BCUT2D eigenvalue weighted by Crippen LogP contribution is -2.39. The van der Waals surface area contributed by atoms with E-state index >= 15 is 0 Å². The number of nitrogen functional groups attached to an aromatic ring is 1. The first kappa shape index (κ1) is 20.3. The zero-order chi connectivity index (χ0) is 19.8. The molecule has 27 heavy (non-hydrogen) atoms. The topological polar surface area (TPSA) is 111 Å². The minimum Gasteiger partial charge on any atom is -0.469 e. The highest BCUT2D eigenvalue weighted by Gasteiger charge is 2.19. The molecule has 0 aliphatic rings. The van der Waals surface area contributed by atoms with E-state index in [1.54, 1.807) is 30.3 Å². The number of amides is 2. The van der Waals surface area contributed by atoms with E-state index in [0.29, 0.717) is 5.69 Å². The van der Waals surface area contributed by atoms with Crippen molar-refractivity contribution in [3.63, 3.8) is 0 Å². The summed E-state index contributed by atoms with van der Waals surface area (Å²) in [5.41, 5.74) is 6.97. The van der Waals surface area contributed by atoms with Crippen molar-refractivity contribution in [3.8, 4) is 0 Å². The Labute approximate surface area is 161 Å². The van der Waals surface area contributed by atoms with Crippen LogP contribution >= 0.6 is 11.6 Å². The van der Waals surface area contributed by atoms with E-state index in [4.69, 9.17) is 17.3 Å². The van der Waals surface area contributed by atoms with E-state index < -0.39 is 23.8 Å². The van der Waals surface area contributed by atoms with Crippen molar-refractivity contribution in [2.75, 3.05) is 19.4 Å². The number of anilines is 1. The Morgan fingerprint density at radius 2 is 1.85 bits per heavy atom. The van der Waals surface area contributed by atoms with Crippen molar-refractivity contribution in [2.45, 2.75) is 12.5 Å². The highest BCUT2D eigenvalue weighted by Crippen LogP contribution is 2.19. The predicted molar refractivity (Wildman–Crippen MR) is 102 cm³/mol. The smallest absolute Gasteiger partial charge is 0.307 e. The highest BCUT2D eigenvalue weighted by molar-refractivity contribution is 6.34. The van der Waals surface area contributed by atoms with Crippen LogP contribution in [-0.2, 0) is 14.3 Å². The van der Waals surface area contributed by atoms with Gasteiger partial charge in [0.25, 0.3) is 5.91 Å². The molecule has 8 heteroatoms. The Morgan fingerprint density at radius 3 is 2.52 bits per heavy atom. The van der Waals surface area contributed by atoms with Crippen molar-refractivity contribution in [3.05, 3.63) is 64.7 Å². The molecular formula is C19H20ClN3O4. The van der Waals surface area contributed by atoms with Crippen LogP contribution in [0.1, 0.15) is 28.4 Å². The third-order valence-electron chi connectivity index (χ3n) is 3.78. The van der Waals surface area contributed by atoms with Crippen LogP contribution in [-0.4, -0.2) is 31.4 Å². The summed E-state index contributed by atoms with van der Waals surface area (Å²) in [6.07, 6.45) is -0.0265. The van der Waals surface area contributed by atoms with Crippen molar-refractivity contribution in [1.29, 1.82) is 0 Å². The lowest BCUT2D eigenvalue weighted by Gasteiger charge is -2.18.